The maximum Gasteiger partial charge on any atom is 0.278 e. The van der Waals surface area contributed by atoms with Crippen LogP contribution in [0, 0.1) is 30.2 Å². The van der Waals surface area contributed by atoms with E-state index in [2.05, 4.69) is 9.97 Å². The zero-order valence-corrected chi connectivity index (χ0v) is 24.8. The molecule has 1 aliphatic carbocycles. The molecule has 5 rings (SSSR count). The molecule has 0 radical (unpaired) electrons. The van der Waals surface area contributed by atoms with E-state index in [0.717, 1.165) is 61.8 Å². The Morgan fingerprint density at radius 3 is 2.20 bits per heavy atom. The Hall–Kier alpha value is -4.15. The fourth-order valence-corrected chi connectivity index (χ4v) is 7.34. The SMILES string of the molecule is Cc1c(F)c(F)c(S(=O)(=O)N2CC[C@@H]2C(=O)N(Cc2cnc(C3CCCCC3)cn2)c2ccc(C(=O)NO)c(O)c2)c(F)c1F. The summed E-state index contributed by atoms with van der Waals surface area (Å²) in [7, 11) is -5.26. The lowest BCUT2D eigenvalue weighted by molar-refractivity contribution is -0.125. The maximum absolute atomic E-state index is 14.7. The van der Waals surface area contributed by atoms with Gasteiger partial charge in [-0.1, -0.05) is 19.3 Å². The normalized spacial score (nSPS) is 17.5. The summed E-state index contributed by atoms with van der Waals surface area (Å²) in [6.07, 6.45) is 8.15. The number of nitrogens with one attached hydrogen (secondary N) is 1. The topological polar surface area (TPSA) is 153 Å². The number of halogens is 4. The molecule has 3 aromatic rings. The van der Waals surface area contributed by atoms with E-state index in [0.29, 0.717) is 4.31 Å². The van der Waals surface area contributed by atoms with Crippen LogP contribution in [-0.2, 0) is 21.4 Å². The van der Waals surface area contributed by atoms with E-state index in [-0.39, 0.29) is 42.4 Å². The Balaban J connectivity index is 1.49. The summed E-state index contributed by atoms with van der Waals surface area (Å²) in [4.78, 5) is 33.9. The van der Waals surface area contributed by atoms with Crippen molar-refractivity contribution in [1.29, 1.82) is 0 Å². The Bertz CT molecular complexity index is 1720. The highest BCUT2D eigenvalue weighted by molar-refractivity contribution is 7.89. The predicted molar refractivity (Wildman–Crippen MR) is 150 cm³/mol. The number of carbonyl (C=O) groups excluding carboxylic acids is 2. The summed E-state index contributed by atoms with van der Waals surface area (Å²) in [6.45, 7) is 0.0541. The van der Waals surface area contributed by atoms with E-state index in [1.54, 1.807) is 6.20 Å². The molecular formula is C29H29F4N5O6S. The molecule has 240 valence electrons. The number of hydrogen-bond donors (Lipinski definition) is 3. The van der Waals surface area contributed by atoms with Crippen LogP contribution in [0.3, 0.4) is 0 Å². The van der Waals surface area contributed by atoms with Gasteiger partial charge in [-0.2, -0.15) is 4.31 Å². The van der Waals surface area contributed by atoms with Crippen LogP contribution in [0.1, 0.15) is 71.8 Å². The number of phenolic OH excluding ortho intramolecular Hbond substituents is 1. The lowest BCUT2D eigenvalue weighted by Gasteiger charge is -2.41. The van der Waals surface area contributed by atoms with E-state index in [9.17, 15) is 40.7 Å². The van der Waals surface area contributed by atoms with Crippen molar-refractivity contribution in [2.24, 2.45) is 0 Å². The second-order valence-corrected chi connectivity index (χ2v) is 12.8. The quantitative estimate of drug-likeness (QED) is 0.142. The first-order chi connectivity index (χ1) is 21.4. The molecule has 1 atom stereocenters. The van der Waals surface area contributed by atoms with Crippen molar-refractivity contribution in [3.05, 3.63) is 76.4 Å². The van der Waals surface area contributed by atoms with Gasteiger partial charge in [0.2, 0.25) is 15.9 Å². The molecule has 2 amide bonds. The summed E-state index contributed by atoms with van der Waals surface area (Å²) >= 11 is 0. The summed E-state index contributed by atoms with van der Waals surface area (Å²) in [6, 6.07) is 1.81. The first kappa shape index (κ1) is 32.2. The average molecular weight is 652 g/mol. The third kappa shape index (κ3) is 5.96. The van der Waals surface area contributed by atoms with Crippen molar-refractivity contribution in [2.75, 3.05) is 11.4 Å². The number of nitrogens with zero attached hydrogens (tertiary/aromatic N) is 4. The molecule has 1 saturated heterocycles. The van der Waals surface area contributed by atoms with E-state index >= 15 is 0 Å². The minimum absolute atomic E-state index is 0.0285. The number of anilines is 1. The fourth-order valence-electron chi connectivity index (χ4n) is 5.60. The van der Waals surface area contributed by atoms with Gasteiger partial charge in [-0.3, -0.25) is 24.8 Å². The number of aromatic hydroxyl groups is 1. The molecule has 0 bridgehead atoms. The van der Waals surface area contributed by atoms with Gasteiger partial charge in [0.1, 0.15) is 11.8 Å². The minimum Gasteiger partial charge on any atom is -0.507 e. The summed E-state index contributed by atoms with van der Waals surface area (Å²) in [5, 5.41) is 19.4. The summed E-state index contributed by atoms with van der Waals surface area (Å²) < 4.78 is 85.1. The first-order valence-electron chi connectivity index (χ1n) is 14.1. The largest absolute Gasteiger partial charge is 0.507 e. The second-order valence-electron chi connectivity index (χ2n) is 11.0. The molecule has 3 N–H and O–H groups in total. The molecule has 2 aliphatic rings. The van der Waals surface area contributed by atoms with Crippen molar-refractivity contribution in [1.82, 2.24) is 19.8 Å². The van der Waals surface area contributed by atoms with E-state index in [1.165, 1.54) is 17.7 Å². The van der Waals surface area contributed by atoms with Gasteiger partial charge in [-0.05, 0) is 38.3 Å². The summed E-state index contributed by atoms with van der Waals surface area (Å²) in [5.74, 6) is -10.3. The molecule has 0 unspecified atom stereocenters. The first-order valence-corrected chi connectivity index (χ1v) is 15.5. The molecular weight excluding hydrogens is 622 g/mol. The molecule has 1 aromatic heterocycles. The molecule has 1 aliphatic heterocycles. The fraction of sp³-hybridized carbons (Fsp3) is 0.379. The molecule has 16 heteroatoms. The van der Waals surface area contributed by atoms with Crippen LogP contribution in [0.25, 0.3) is 0 Å². The van der Waals surface area contributed by atoms with Crippen molar-refractivity contribution >= 4 is 27.5 Å². The number of amides is 2. The van der Waals surface area contributed by atoms with Gasteiger partial charge < -0.3 is 10.0 Å². The Kier molecular flexibility index (Phi) is 9.09. The maximum atomic E-state index is 14.7. The highest BCUT2D eigenvalue weighted by Crippen LogP contribution is 2.36. The molecule has 11 nitrogen and oxygen atoms in total. The number of hydrogen-bond acceptors (Lipinski definition) is 8. The van der Waals surface area contributed by atoms with Crippen LogP contribution in [0.2, 0.25) is 0 Å². The van der Waals surface area contributed by atoms with Crippen LogP contribution in [0.15, 0.2) is 35.5 Å². The van der Waals surface area contributed by atoms with E-state index < -0.39 is 67.4 Å². The standard InChI is InChI=1S/C29H29F4N5O6S/c1-15-23(30)25(32)27(26(33)24(15)31)45(43,44)38-10-9-21(38)29(41)37(18-7-8-19(22(39)11-18)28(40)36-42)14-17-12-35-20(13-34-17)16-5-3-2-4-6-16/h7-8,11-13,16,21,39,42H,2-6,9-10,14H2,1H3,(H,36,40)/t21-/m1/s1. The number of carbonyl (C=O) groups is 2. The van der Waals surface area contributed by atoms with Crippen molar-refractivity contribution in [3.63, 3.8) is 0 Å². The average Bonchev–Trinajstić information content (AvgIpc) is 3.01. The number of aromatic nitrogens is 2. The molecule has 45 heavy (non-hydrogen) atoms. The van der Waals surface area contributed by atoms with Crippen LogP contribution in [-0.4, -0.2) is 57.4 Å². The zero-order chi connectivity index (χ0) is 32.6. The number of rotatable bonds is 8. The smallest absolute Gasteiger partial charge is 0.278 e. The van der Waals surface area contributed by atoms with Gasteiger partial charge in [0, 0.05) is 36.0 Å². The molecule has 2 aromatic carbocycles. The van der Waals surface area contributed by atoms with Gasteiger partial charge in [0.15, 0.2) is 28.2 Å². The lowest BCUT2D eigenvalue weighted by atomic mass is 9.87. The lowest BCUT2D eigenvalue weighted by Crippen LogP contribution is -2.59. The van der Waals surface area contributed by atoms with E-state index in [4.69, 9.17) is 5.21 Å². The predicted octanol–water partition coefficient (Wildman–Crippen LogP) is 4.21. The number of benzene rings is 2. The third-order valence-corrected chi connectivity index (χ3v) is 10.2. The van der Waals surface area contributed by atoms with Gasteiger partial charge in [-0.25, -0.2) is 31.5 Å². The number of phenols is 1. The Morgan fingerprint density at radius 1 is 1.00 bits per heavy atom. The third-order valence-electron chi connectivity index (χ3n) is 8.24. The van der Waals surface area contributed by atoms with Crippen LogP contribution < -0.4 is 10.4 Å². The minimum atomic E-state index is -5.26. The van der Waals surface area contributed by atoms with Gasteiger partial charge in [-0.15, -0.1) is 0 Å². The number of sulfonamides is 1. The van der Waals surface area contributed by atoms with Crippen molar-refractivity contribution in [2.45, 2.75) is 68.8 Å². The van der Waals surface area contributed by atoms with Gasteiger partial charge in [0.25, 0.3) is 5.91 Å². The van der Waals surface area contributed by atoms with Crippen LogP contribution in [0.4, 0.5) is 23.2 Å². The van der Waals surface area contributed by atoms with Gasteiger partial charge in [0.05, 0.1) is 29.7 Å². The number of hydroxylamine groups is 1. The van der Waals surface area contributed by atoms with E-state index in [1.807, 2.05) is 0 Å². The molecule has 2 heterocycles. The monoisotopic (exact) mass is 651 g/mol. The van der Waals surface area contributed by atoms with Gasteiger partial charge >= 0.3 is 0 Å². The Morgan fingerprint density at radius 2 is 1.67 bits per heavy atom. The van der Waals surface area contributed by atoms with Crippen molar-refractivity contribution < 1.29 is 45.9 Å². The molecule has 2 fully saturated rings. The molecule has 0 spiro atoms. The second kappa shape index (κ2) is 12.7. The Labute approximate surface area is 255 Å². The van der Waals surface area contributed by atoms with Crippen molar-refractivity contribution in [3.8, 4) is 5.75 Å². The van der Waals surface area contributed by atoms with Crippen LogP contribution in [0.5, 0.6) is 5.75 Å². The summed E-state index contributed by atoms with van der Waals surface area (Å²) in [5.41, 5.74) is 1.02. The highest BCUT2D eigenvalue weighted by atomic mass is 32.2. The van der Waals surface area contributed by atoms with Crippen LogP contribution >= 0.6 is 0 Å². The molecule has 1 saturated carbocycles. The zero-order valence-electron chi connectivity index (χ0n) is 23.9. The highest BCUT2D eigenvalue weighted by Gasteiger charge is 2.48.